The van der Waals surface area contributed by atoms with Crippen LogP contribution in [0.3, 0.4) is 0 Å². The van der Waals surface area contributed by atoms with Crippen molar-refractivity contribution in [3.8, 4) is 0 Å². The Morgan fingerprint density at radius 1 is 1.00 bits per heavy atom. The molecular formula is C20H17NOS2. The Morgan fingerprint density at radius 2 is 1.75 bits per heavy atom. The van der Waals surface area contributed by atoms with Crippen molar-refractivity contribution in [2.75, 3.05) is 5.75 Å². The van der Waals surface area contributed by atoms with Gasteiger partial charge in [0.15, 0.2) is 5.60 Å². The molecule has 0 N–H and O–H groups in total. The van der Waals surface area contributed by atoms with E-state index in [4.69, 9.17) is 4.84 Å². The quantitative estimate of drug-likeness (QED) is 0.561. The van der Waals surface area contributed by atoms with Crippen molar-refractivity contribution in [2.45, 2.75) is 16.9 Å². The number of nitrogens with zero attached hydrogens (tertiary/aromatic N) is 1. The maximum absolute atomic E-state index is 6.06. The van der Waals surface area contributed by atoms with Crippen LogP contribution in [0.25, 0.3) is 0 Å². The van der Waals surface area contributed by atoms with E-state index in [-0.39, 0.29) is 0 Å². The monoisotopic (exact) mass is 351 g/mol. The average molecular weight is 351 g/mol. The highest BCUT2D eigenvalue weighted by Gasteiger charge is 2.41. The van der Waals surface area contributed by atoms with Crippen LogP contribution in [0.5, 0.6) is 0 Å². The smallest absolute Gasteiger partial charge is 0.177 e. The fourth-order valence-corrected chi connectivity index (χ4v) is 4.78. The topological polar surface area (TPSA) is 21.6 Å². The molecule has 0 radical (unpaired) electrons. The fourth-order valence-electron chi connectivity index (χ4n) is 2.85. The summed E-state index contributed by atoms with van der Waals surface area (Å²) in [6.07, 6.45) is 0.790. The summed E-state index contributed by atoms with van der Waals surface area (Å²) in [6.45, 7) is 0. The van der Waals surface area contributed by atoms with Crippen LogP contribution in [-0.2, 0) is 10.4 Å². The largest absolute Gasteiger partial charge is 0.383 e. The highest BCUT2D eigenvalue weighted by Crippen LogP contribution is 2.41. The fraction of sp³-hybridized carbons (Fsp3) is 0.150. The summed E-state index contributed by atoms with van der Waals surface area (Å²) in [5.74, 6) is 0.841. The molecule has 0 bridgehead atoms. The van der Waals surface area contributed by atoms with E-state index >= 15 is 0 Å². The zero-order valence-electron chi connectivity index (χ0n) is 13.1. The van der Waals surface area contributed by atoms with Crippen molar-refractivity contribution in [3.05, 3.63) is 88.6 Å². The van der Waals surface area contributed by atoms with Crippen molar-refractivity contribution in [2.24, 2.45) is 5.16 Å². The van der Waals surface area contributed by atoms with Crippen LogP contribution < -0.4 is 0 Å². The standard InChI is InChI=1S/C20H17NOS2/c1-3-7-16(8-4-1)19-13-20(22-21-19,17-9-5-2-6-10-17)15-24-18-11-12-23-14-18/h1-12,14H,13,15H2/t20-/m1/s1. The van der Waals surface area contributed by atoms with E-state index in [0.29, 0.717) is 0 Å². The van der Waals surface area contributed by atoms with Crippen LogP contribution in [0, 0.1) is 0 Å². The second kappa shape index (κ2) is 6.83. The second-order valence-corrected chi connectivity index (χ2v) is 7.61. The number of thiophene rings is 1. The van der Waals surface area contributed by atoms with Crippen LogP contribution >= 0.6 is 23.1 Å². The molecule has 0 amide bonds. The summed E-state index contributed by atoms with van der Waals surface area (Å²) in [7, 11) is 0. The molecule has 0 aliphatic carbocycles. The molecule has 0 fully saturated rings. The second-order valence-electron chi connectivity index (χ2n) is 5.78. The summed E-state index contributed by atoms with van der Waals surface area (Å²) >= 11 is 3.55. The van der Waals surface area contributed by atoms with E-state index in [1.54, 1.807) is 11.3 Å². The third-order valence-electron chi connectivity index (χ3n) is 4.16. The van der Waals surface area contributed by atoms with Crippen molar-refractivity contribution >= 4 is 28.8 Å². The van der Waals surface area contributed by atoms with Crippen molar-refractivity contribution in [1.82, 2.24) is 0 Å². The van der Waals surface area contributed by atoms with Gasteiger partial charge in [-0.15, -0.1) is 11.8 Å². The summed E-state index contributed by atoms with van der Waals surface area (Å²) in [5.41, 5.74) is 2.93. The Hall–Kier alpha value is -2.04. The molecule has 0 spiro atoms. The van der Waals surface area contributed by atoms with Crippen LogP contribution in [0.2, 0.25) is 0 Å². The molecule has 2 heterocycles. The number of benzene rings is 2. The Balaban J connectivity index is 1.61. The normalized spacial score (nSPS) is 19.8. The van der Waals surface area contributed by atoms with Gasteiger partial charge in [-0.05, 0) is 22.6 Å². The molecule has 120 valence electrons. The maximum atomic E-state index is 6.06. The molecule has 0 saturated carbocycles. The van der Waals surface area contributed by atoms with Gasteiger partial charge in [-0.3, -0.25) is 0 Å². The minimum Gasteiger partial charge on any atom is -0.383 e. The molecule has 0 unspecified atom stereocenters. The van der Waals surface area contributed by atoms with Gasteiger partial charge in [0.05, 0.1) is 5.71 Å². The summed E-state index contributed by atoms with van der Waals surface area (Å²) < 4.78 is 0. The van der Waals surface area contributed by atoms with Gasteiger partial charge in [0.25, 0.3) is 0 Å². The highest BCUT2D eigenvalue weighted by atomic mass is 32.2. The van der Waals surface area contributed by atoms with Gasteiger partial charge in [0.2, 0.25) is 0 Å². The van der Waals surface area contributed by atoms with Crippen molar-refractivity contribution < 1.29 is 4.84 Å². The summed E-state index contributed by atoms with van der Waals surface area (Å²) in [5, 5.41) is 8.73. The third-order valence-corrected chi connectivity index (χ3v) is 6.19. The Morgan fingerprint density at radius 3 is 2.46 bits per heavy atom. The number of oxime groups is 1. The van der Waals surface area contributed by atoms with Gasteiger partial charge in [0.1, 0.15) is 0 Å². The van der Waals surface area contributed by atoms with Gasteiger partial charge < -0.3 is 4.84 Å². The van der Waals surface area contributed by atoms with Gasteiger partial charge in [0, 0.05) is 22.4 Å². The minimum absolute atomic E-state index is 0.404. The first-order valence-electron chi connectivity index (χ1n) is 7.87. The number of hydrogen-bond donors (Lipinski definition) is 0. The number of rotatable bonds is 5. The molecule has 2 nitrogen and oxygen atoms in total. The molecule has 2 aromatic carbocycles. The van der Waals surface area contributed by atoms with E-state index in [1.807, 2.05) is 36.0 Å². The lowest BCUT2D eigenvalue weighted by Crippen LogP contribution is -2.29. The molecule has 1 aliphatic rings. The molecule has 4 heteroatoms. The van der Waals surface area contributed by atoms with Crippen LogP contribution in [0.4, 0.5) is 0 Å². The van der Waals surface area contributed by atoms with Gasteiger partial charge >= 0.3 is 0 Å². The van der Waals surface area contributed by atoms with Crippen LogP contribution in [0.1, 0.15) is 17.5 Å². The van der Waals surface area contributed by atoms with Crippen molar-refractivity contribution in [1.29, 1.82) is 0 Å². The third kappa shape index (κ3) is 3.12. The van der Waals surface area contributed by atoms with Crippen LogP contribution in [0.15, 0.2) is 87.5 Å². The zero-order valence-corrected chi connectivity index (χ0v) is 14.7. The van der Waals surface area contributed by atoms with Gasteiger partial charge in [-0.25, -0.2) is 0 Å². The lowest BCUT2D eigenvalue weighted by Gasteiger charge is -2.26. The van der Waals surface area contributed by atoms with Crippen molar-refractivity contribution in [3.63, 3.8) is 0 Å². The van der Waals surface area contributed by atoms with E-state index in [0.717, 1.165) is 23.4 Å². The predicted octanol–water partition coefficient (Wildman–Crippen LogP) is 5.56. The van der Waals surface area contributed by atoms with Gasteiger partial charge in [-0.2, -0.15) is 11.3 Å². The van der Waals surface area contributed by atoms with Crippen LogP contribution in [-0.4, -0.2) is 11.5 Å². The predicted molar refractivity (Wildman–Crippen MR) is 102 cm³/mol. The molecule has 1 aromatic heterocycles. The Kier molecular flexibility index (Phi) is 4.41. The molecule has 24 heavy (non-hydrogen) atoms. The number of thioether (sulfide) groups is 1. The molecule has 4 rings (SSSR count). The highest BCUT2D eigenvalue weighted by molar-refractivity contribution is 7.99. The molecule has 1 atom stereocenters. The maximum Gasteiger partial charge on any atom is 0.177 e. The van der Waals surface area contributed by atoms with Gasteiger partial charge in [-0.1, -0.05) is 65.8 Å². The first kappa shape index (κ1) is 15.5. The molecule has 1 aliphatic heterocycles. The number of hydrogen-bond acceptors (Lipinski definition) is 4. The zero-order chi connectivity index (χ0) is 16.2. The average Bonchev–Trinajstić information content (AvgIpc) is 3.32. The SMILES string of the molecule is c1ccc(C2=NO[C@](CSc3ccsc3)(c3ccccc3)C2)cc1. The minimum atomic E-state index is -0.404. The molecular weight excluding hydrogens is 334 g/mol. The van der Waals surface area contributed by atoms with E-state index in [1.165, 1.54) is 10.5 Å². The Bertz CT molecular complexity index is 815. The van der Waals surface area contributed by atoms with E-state index < -0.39 is 5.60 Å². The molecule has 0 saturated heterocycles. The van der Waals surface area contributed by atoms with E-state index in [2.05, 4.69) is 58.4 Å². The summed E-state index contributed by atoms with van der Waals surface area (Å²) in [4.78, 5) is 7.35. The lowest BCUT2D eigenvalue weighted by molar-refractivity contribution is -0.00317. The summed E-state index contributed by atoms with van der Waals surface area (Å²) in [6, 6.07) is 22.9. The Labute approximate surface area is 150 Å². The van der Waals surface area contributed by atoms with E-state index in [9.17, 15) is 0 Å². The first-order chi connectivity index (χ1) is 11.9. The molecule has 3 aromatic rings. The lowest BCUT2D eigenvalue weighted by atomic mass is 9.89. The first-order valence-corrected chi connectivity index (χ1v) is 9.80.